The Kier molecular flexibility index (Phi) is 6.38. The average molecular weight is 280 g/mol. The van der Waals surface area contributed by atoms with E-state index in [1.165, 1.54) is 6.20 Å². The molecule has 0 atom stereocenters. The van der Waals surface area contributed by atoms with Gasteiger partial charge < -0.3 is 10.2 Å². The van der Waals surface area contributed by atoms with E-state index in [0.29, 0.717) is 6.04 Å². The first-order chi connectivity index (χ1) is 9.41. The van der Waals surface area contributed by atoms with Crippen molar-refractivity contribution in [3.05, 3.63) is 27.9 Å². The SMILES string of the molecule is Cc1cc([N+](=O)[O-])cnc1NCCCCN(C)C(C)C. The van der Waals surface area contributed by atoms with Gasteiger partial charge in [0.05, 0.1) is 4.92 Å². The minimum Gasteiger partial charge on any atom is -0.370 e. The summed E-state index contributed by atoms with van der Waals surface area (Å²) < 4.78 is 0. The van der Waals surface area contributed by atoms with Crippen LogP contribution in [0.2, 0.25) is 0 Å². The molecule has 0 aliphatic rings. The van der Waals surface area contributed by atoms with Gasteiger partial charge >= 0.3 is 0 Å². The smallest absolute Gasteiger partial charge is 0.287 e. The van der Waals surface area contributed by atoms with Gasteiger partial charge in [-0.15, -0.1) is 0 Å². The van der Waals surface area contributed by atoms with E-state index in [4.69, 9.17) is 0 Å². The van der Waals surface area contributed by atoms with Crippen molar-refractivity contribution in [3.8, 4) is 0 Å². The molecular formula is C14H24N4O2. The molecule has 0 bridgehead atoms. The van der Waals surface area contributed by atoms with Gasteiger partial charge in [0.15, 0.2) is 0 Å². The summed E-state index contributed by atoms with van der Waals surface area (Å²) in [7, 11) is 2.13. The monoisotopic (exact) mass is 280 g/mol. The van der Waals surface area contributed by atoms with E-state index in [2.05, 4.69) is 36.1 Å². The van der Waals surface area contributed by atoms with Crippen LogP contribution in [0.1, 0.15) is 32.3 Å². The van der Waals surface area contributed by atoms with Crippen LogP contribution in [0.15, 0.2) is 12.3 Å². The Morgan fingerprint density at radius 3 is 2.70 bits per heavy atom. The number of unbranched alkanes of at least 4 members (excludes halogenated alkanes) is 1. The summed E-state index contributed by atoms with van der Waals surface area (Å²) in [5, 5.41) is 13.9. The summed E-state index contributed by atoms with van der Waals surface area (Å²) in [4.78, 5) is 16.6. The molecule has 6 heteroatoms. The lowest BCUT2D eigenvalue weighted by atomic mass is 10.2. The summed E-state index contributed by atoms with van der Waals surface area (Å²) in [6.45, 7) is 8.10. The second kappa shape index (κ2) is 7.79. The second-order valence-electron chi connectivity index (χ2n) is 5.32. The minimum atomic E-state index is -0.425. The molecule has 0 spiro atoms. The van der Waals surface area contributed by atoms with E-state index in [1.807, 2.05) is 6.92 Å². The van der Waals surface area contributed by atoms with Crippen LogP contribution in [0.4, 0.5) is 11.5 Å². The molecule has 1 aromatic rings. The molecule has 0 aliphatic heterocycles. The molecule has 1 N–H and O–H groups in total. The first-order valence-electron chi connectivity index (χ1n) is 6.97. The second-order valence-corrected chi connectivity index (χ2v) is 5.32. The van der Waals surface area contributed by atoms with Crippen molar-refractivity contribution in [1.82, 2.24) is 9.88 Å². The molecular weight excluding hydrogens is 256 g/mol. The van der Waals surface area contributed by atoms with Crippen molar-refractivity contribution in [2.75, 3.05) is 25.5 Å². The molecule has 0 aromatic carbocycles. The van der Waals surface area contributed by atoms with E-state index in [0.717, 1.165) is 37.3 Å². The standard InChI is InChI=1S/C14H24N4O2/c1-11(2)17(4)8-6-5-7-15-14-12(3)9-13(10-16-14)18(19)20/h9-11H,5-8H2,1-4H3,(H,15,16). The fraction of sp³-hybridized carbons (Fsp3) is 0.643. The number of nitro groups is 1. The lowest BCUT2D eigenvalue weighted by Crippen LogP contribution is -2.27. The van der Waals surface area contributed by atoms with Crippen molar-refractivity contribution >= 4 is 11.5 Å². The van der Waals surface area contributed by atoms with Crippen molar-refractivity contribution in [2.45, 2.75) is 39.7 Å². The van der Waals surface area contributed by atoms with Crippen molar-refractivity contribution < 1.29 is 4.92 Å². The van der Waals surface area contributed by atoms with Crippen LogP contribution < -0.4 is 5.32 Å². The number of pyridine rings is 1. The molecule has 0 aliphatic carbocycles. The number of hydrogen-bond acceptors (Lipinski definition) is 5. The number of hydrogen-bond donors (Lipinski definition) is 1. The highest BCUT2D eigenvalue weighted by Gasteiger charge is 2.09. The van der Waals surface area contributed by atoms with E-state index < -0.39 is 4.92 Å². The molecule has 0 fully saturated rings. The zero-order chi connectivity index (χ0) is 15.1. The minimum absolute atomic E-state index is 0.0339. The van der Waals surface area contributed by atoms with Crippen molar-refractivity contribution in [3.63, 3.8) is 0 Å². The number of anilines is 1. The van der Waals surface area contributed by atoms with Crippen LogP contribution >= 0.6 is 0 Å². The molecule has 0 saturated carbocycles. The summed E-state index contributed by atoms with van der Waals surface area (Å²) in [5.74, 6) is 0.729. The van der Waals surface area contributed by atoms with Gasteiger partial charge in [-0.1, -0.05) is 0 Å². The molecule has 1 aromatic heterocycles. The van der Waals surface area contributed by atoms with Gasteiger partial charge in [0.2, 0.25) is 0 Å². The zero-order valence-electron chi connectivity index (χ0n) is 12.7. The Morgan fingerprint density at radius 2 is 2.15 bits per heavy atom. The van der Waals surface area contributed by atoms with Gasteiger partial charge in [-0.3, -0.25) is 10.1 Å². The van der Waals surface area contributed by atoms with E-state index in [1.54, 1.807) is 6.07 Å². The number of nitrogens with zero attached hydrogens (tertiary/aromatic N) is 3. The number of rotatable bonds is 8. The Balaban J connectivity index is 2.34. The van der Waals surface area contributed by atoms with Crippen LogP contribution in [0.5, 0.6) is 0 Å². The third-order valence-corrected chi connectivity index (χ3v) is 3.39. The number of aromatic nitrogens is 1. The number of aryl methyl sites for hydroxylation is 1. The lowest BCUT2D eigenvalue weighted by molar-refractivity contribution is -0.385. The number of nitrogens with one attached hydrogen (secondary N) is 1. The molecule has 0 amide bonds. The molecule has 0 saturated heterocycles. The molecule has 0 unspecified atom stereocenters. The summed E-state index contributed by atoms with van der Waals surface area (Å²) in [5.41, 5.74) is 0.838. The topological polar surface area (TPSA) is 71.3 Å². The Labute approximate surface area is 120 Å². The van der Waals surface area contributed by atoms with Gasteiger partial charge in [-0.25, -0.2) is 4.98 Å². The zero-order valence-corrected chi connectivity index (χ0v) is 12.7. The Morgan fingerprint density at radius 1 is 1.45 bits per heavy atom. The fourth-order valence-corrected chi connectivity index (χ4v) is 1.80. The van der Waals surface area contributed by atoms with Gasteiger partial charge in [0.1, 0.15) is 12.0 Å². The van der Waals surface area contributed by atoms with Crippen molar-refractivity contribution in [1.29, 1.82) is 0 Å². The first-order valence-corrected chi connectivity index (χ1v) is 6.97. The summed E-state index contributed by atoms with van der Waals surface area (Å²) in [6, 6.07) is 2.11. The Bertz CT molecular complexity index is 449. The van der Waals surface area contributed by atoms with Gasteiger partial charge in [-0.2, -0.15) is 0 Å². The average Bonchev–Trinajstić information content (AvgIpc) is 2.39. The van der Waals surface area contributed by atoms with Gasteiger partial charge in [0, 0.05) is 18.7 Å². The maximum atomic E-state index is 10.6. The predicted molar refractivity (Wildman–Crippen MR) is 81.1 cm³/mol. The largest absolute Gasteiger partial charge is 0.370 e. The highest BCUT2D eigenvalue weighted by Crippen LogP contribution is 2.17. The van der Waals surface area contributed by atoms with Crippen molar-refractivity contribution in [2.24, 2.45) is 0 Å². The van der Waals surface area contributed by atoms with E-state index >= 15 is 0 Å². The maximum absolute atomic E-state index is 10.6. The van der Waals surface area contributed by atoms with Gasteiger partial charge in [-0.05, 0) is 52.8 Å². The van der Waals surface area contributed by atoms with E-state index in [-0.39, 0.29) is 5.69 Å². The third-order valence-electron chi connectivity index (χ3n) is 3.39. The van der Waals surface area contributed by atoms with Crippen LogP contribution in [0.3, 0.4) is 0 Å². The van der Waals surface area contributed by atoms with Crippen LogP contribution in [0.25, 0.3) is 0 Å². The summed E-state index contributed by atoms with van der Waals surface area (Å²) >= 11 is 0. The van der Waals surface area contributed by atoms with Gasteiger partial charge in [0.25, 0.3) is 5.69 Å². The normalized spacial score (nSPS) is 11.1. The highest BCUT2D eigenvalue weighted by atomic mass is 16.6. The van der Waals surface area contributed by atoms with Crippen LogP contribution in [-0.4, -0.2) is 41.0 Å². The molecule has 20 heavy (non-hydrogen) atoms. The molecule has 1 heterocycles. The summed E-state index contributed by atoms with van der Waals surface area (Å²) in [6.07, 6.45) is 3.46. The Hall–Kier alpha value is -1.69. The fourth-order valence-electron chi connectivity index (χ4n) is 1.80. The van der Waals surface area contributed by atoms with Crippen LogP contribution in [-0.2, 0) is 0 Å². The quantitative estimate of drug-likeness (QED) is 0.450. The third kappa shape index (κ3) is 5.13. The molecule has 6 nitrogen and oxygen atoms in total. The lowest BCUT2D eigenvalue weighted by Gasteiger charge is -2.20. The molecule has 1 rings (SSSR count). The highest BCUT2D eigenvalue weighted by molar-refractivity contribution is 5.48. The van der Waals surface area contributed by atoms with E-state index in [9.17, 15) is 10.1 Å². The maximum Gasteiger partial charge on any atom is 0.287 e. The first kappa shape index (κ1) is 16.4. The molecule has 0 radical (unpaired) electrons. The molecule has 112 valence electrons. The predicted octanol–water partition coefficient (Wildman–Crippen LogP) is 2.83. The van der Waals surface area contributed by atoms with Crippen LogP contribution in [0, 0.1) is 17.0 Å².